The zero-order valence-corrected chi connectivity index (χ0v) is 20.3. The molecule has 0 radical (unpaired) electrons. The lowest BCUT2D eigenvalue weighted by molar-refractivity contribution is 0.222. The molecule has 8 heteroatoms. The molecule has 0 atom stereocenters. The lowest BCUT2D eigenvalue weighted by Gasteiger charge is -2.17. The fraction of sp³-hybridized carbons (Fsp3) is 0.391. The fourth-order valence-electron chi connectivity index (χ4n) is 3.27. The normalized spacial score (nSPS) is 13.3. The van der Waals surface area contributed by atoms with Crippen LogP contribution in [0.2, 0.25) is 0 Å². The number of urea groups is 1. The average Bonchev–Trinajstić information content (AvgIpc) is 3.32. The number of likely N-dealkylation sites (tertiary alicyclic amines) is 1. The van der Waals surface area contributed by atoms with E-state index in [2.05, 4.69) is 20.9 Å². The Balaban J connectivity index is 0.00000341. The Bertz CT molecular complexity index is 826. The van der Waals surface area contributed by atoms with Crippen LogP contribution in [-0.2, 0) is 6.54 Å². The maximum Gasteiger partial charge on any atom is 0.321 e. The molecule has 0 aliphatic carbocycles. The molecule has 1 fully saturated rings. The highest BCUT2D eigenvalue weighted by Gasteiger charge is 2.17. The number of nitrogens with one attached hydrogen (secondary N) is 3. The summed E-state index contributed by atoms with van der Waals surface area (Å²) in [6.45, 7) is 3.70. The highest BCUT2D eigenvalue weighted by molar-refractivity contribution is 14.0. The number of carbonyl (C=O) groups is 1. The minimum atomic E-state index is -0.0205. The van der Waals surface area contributed by atoms with E-state index in [0.29, 0.717) is 13.2 Å². The number of aliphatic imine (C=N–C) groups is 1. The van der Waals surface area contributed by atoms with Gasteiger partial charge in [-0.3, -0.25) is 4.99 Å². The molecule has 3 rings (SSSR count). The molecule has 1 heterocycles. The molecule has 2 aromatic rings. The minimum Gasteiger partial charge on any atom is -0.494 e. The van der Waals surface area contributed by atoms with Gasteiger partial charge in [-0.2, -0.15) is 0 Å². The van der Waals surface area contributed by atoms with Crippen LogP contribution in [0.3, 0.4) is 0 Å². The number of rotatable bonds is 8. The number of nitrogens with zero attached hydrogens (tertiary/aromatic N) is 2. The maximum absolute atomic E-state index is 12.3. The lowest BCUT2D eigenvalue weighted by Crippen LogP contribution is -2.37. The Kier molecular flexibility index (Phi) is 11.0. The Labute approximate surface area is 201 Å². The number of hydrogen-bond acceptors (Lipinski definition) is 3. The summed E-state index contributed by atoms with van der Waals surface area (Å²) in [4.78, 5) is 18.4. The minimum absolute atomic E-state index is 0. The number of benzene rings is 2. The van der Waals surface area contributed by atoms with Crippen molar-refractivity contribution in [3.63, 3.8) is 0 Å². The van der Waals surface area contributed by atoms with Gasteiger partial charge in [0.05, 0.1) is 6.61 Å². The van der Waals surface area contributed by atoms with Crippen LogP contribution in [0.4, 0.5) is 10.5 Å². The van der Waals surface area contributed by atoms with E-state index in [1.165, 1.54) is 0 Å². The predicted octanol–water partition coefficient (Wildman–Crippen LogP) is 4.07. The van der Waals surface area contributed by atoms with Gasteiger partial charge in [0, 0.05) is 38.9 Å². The second-order valence-corrected chi connectivity index (χ2v) is 7.19. The van der Waals surface area contributed by atoms with Crippen molar-refractivity contribution in [3.8, 4) is 5.75 Å². The summed E-state index contributed by atoms with van der Waals surface area (Å²) >= 11 is 0. The third-order valence-corrected chi connectivity index (χ3v) is 4.88. The van der Waals surface area contributed by atoms with Crippen molar-refractivity contribution in [2.24, 2.45) is 4.99 Å². The molecule has 0 saturated carbocycles. The molecular formula is C23H32IN5O2. The van der Waals surface area contributed by atoms with Crippen LogP contribution in [0, 0.1) is 0 Å². The molecule has 2 amide bonds. The molecule has 31 heavy (non-hydrogen) atoms. The van der Waals surface area contributed by atoms with Crippen LogP contribution in [0.1, 0.15) is 24.8 Å². The van der Waals surface area contributed by atoms with E-state index in [1.54, 1.807) is 7.05 Å². The highest BCUT2D eigenvalue weighted by Crippen LogP contribution is 2.14. The molecule has 1 aliphatic rings. The molecule has 2 aromatic carbocycles. The van der Waals surface area contributed by atoms with E-state index in [9.17, 15) is 4.79 Å². The van der Waals surface area contributed by atoms with Crippen molar-refractivity contribution in [3.05, 3.63) is 60.2 Å². The third kappa shape index (κ3) is 8.64. The standard InChI is InChI=1S/C23H31N5O2.HI/c1-24-22(25-13-8-16-30-21-11-3-2-4-12-21)26-18-19-9-7-10-20(17-19)27-23(29)28-14-5-6-15-28;/h2-4,7,9-12,17H,5-6,8,13-16,18H2,1H3,(H,27,29)(H2,24,25,26);1H. The van der Waals surface area contributed by atoms with Crippen LogP contribution in [0.25, 0.3) is 0 Å². The molecule has 7 nitrogen and oxygen atoms in total. The Hall–Kier alpha value is -2.49. The van der Waals surface area contributed by atoms with Gasteiger partial charge in [0.25, 0.3) is 0 Å². The van der Waals surface area contributed by atoms with Crippen LogP contribution in [0.5, 0.6) is 5.75 Å². The van der Waals surface area contributed by atoms with E-state index in [1.807, 2.05) is 59.5 Å². The summed E-state index contributed by atoms with van der Waals surface area (Å²) in [5, 5.41) is 9.58. The summed E-state index contributed by atoms with van der Waals surface area (Å²) in [6.07, 6.45) is 3.04. The molecule has 0 aromatic heterocycles. The summed E-state index contributed by atoms with van der Waals surface area (Å²) in [6, 6.07) is 17.7. The first kappa shape index (κ1) is 24.8. The Morgan fingerprint density at radius 3 is 2.58 bits per heavy atom. The largest absolute Gasteiger partial charge is 0.494 e. The van der Waals surface area contributed by atoms with E-state index >= 15 is 0 Å². The summed E-state index contributed by atoms with van der Waals surface area (Å²) in [7, 11) is 1.75. The summed E-state index contributed by atoms with van der Waals surface area (Å²) in [5.74, 6) is 1.62. The Morgan fingerprint density at radius 1 is 1.06 bits per heavy atom. The van der Waals surface area contributed by atoms with Crippen LogP contribution < -0.4 is 20.7 Å². The number of halogens is 1. The van der Waals surface area contributed by atoms with E-state index in [0.717, 1.165) is 61.9 Å². The first-order valence-corrected chi connectivity index (χ1v) is 10.5. The summed E-state index contributed by atoms with van der Waals surface area (Å²) in [5.41, 5.74) is 1.89. The van der Waals surface area contributed by atoms with Gasteiger partial charge in [-0.05, 0) is 49.1 Å². The maximum atomic E-state index is 12.3. The number of guanidine groups is 1. The van der Waals surface area contributed by atoms with Crippen LogP contribution >= 0.6 is 24.0 Å². The first-order valence-electron chi connectivity index (χ1n) is 10.5. The molecule has 0 unspecified atom stereocenters. The quantitative estimate of drug-likeness (QED) is 0.206. The van der Waals surface area contributed by atoms with Gasteiger partial charge in [-0.1, -0.05) is 30.3 Å². The molecule has 0 spiro atoms. The zero-order chi connectivity index (χ0) is 21.0. The van der Waals surface area contributed by atoms with E-state index < -0.39 is 0 Å². The molecule has 0 bridgehead atoms. The van der Waals surface area contributed by atoms with Gasteiger partial charge >= 0.3 is 6.03 Å². The van der Waals surface area contributed by atoms with Crippen LogP contribution in [0.15, 0.2) is 59.6 Å². The number of amides is 2. The van der Waals surface area contributed by atoms with Crippen molar-refractivity contribution in [1.29, 1.82) is 0 Å². The Morgan fingerprint density at radius 2 is 1.84 bits per heavy atom. The molecule has 1 aliphatic heterocycles. The van der Waals surface area contributed by atoms with Gasteiger partial charge in [0.1, 0.15) is 5.75 Å². The lowest BCUT2D eigenvalue weighted by atomic mass is 10.2. The number of anilines is 1. The molecule has 3 N–H and O–H groups in total. The monoisotopic (exact) mass is 537 g/mol. The third-order valence-electron chi connectivity index (χ3n) is 4.88. The number of hydrogen-bond donors (Lipinski definition) is 3. The van der Waals surface area contributed by atoms with Gasteiger partial charge in [0.2, 0.25) is 0 Å². The van der Waals surface area contributed by atoms with E-state index in [-0.39, 0.29) is 30.0 Å². The SMILES string of the molecule is CN=C(NCCCOc1ccccc1)NCc1cccc(NC(=O)N2CCCC2)c1.I. The van der Waals surface area contributed by atoms with Crippen LogP contribution in [-0.4, -0.2) is 50.2 Å². The molecule has 1 saturated heterocycles. The second-order valence-electron chi connectivity index (χ2n) is 7.19. The number of ether oxygens (including phenoxy) is 1. The van der Waals surface area contributed by atoms with Gasteiger partial charge < -0.3 is 25.6 Å². The molecular weight excluding hydrogens is 505 g/mol. The number of para-hydroxylation sites is 1. The van der Waals surface area contributed by atoms with Crippen molar-refractivity contribution < 1.29 is 9.53 Å². The van der Waals surface area contributed by atoms with Crippen molar-refractivity contribution in [2.45, 2.75) is 25.8 Å². The topological polar surface area (TPSA) is 78.0 Å². The molecule has 168 valence electrons. The van der Waals surface area contributed by atoms with Gasteiger partial charge in [-0.15, -0.1) is 24.0 Å². The first-order chi connectivity index (χ1) is 14.7. The van der Waals surface area contributed by atoms with Gasteiger partial charge in [-0.25, -0.2) is 4.79 Å². The number of carbonyl (C=O) groups excluding carboxylic acids is 1. The average molecular weight is 537 g/mol. The predicted molar refractivity (Wildman–Crippen MR) is 136 cm³/mol. The van der Waals surface area contributed by atoms with Crippen molar-refractivity contribution >= 4 is 41.7 Å². The van der Waals surface area contributed by atoms with Crippen molar-refractivity contribution in [1.82, 2.24) is 15.5 Å². The van der Waals surface area contributed by atoms with Crippen molar-refractivity contribution in [2.75, 3.05) is 38.6 Å². The zero-order valence-electron chi connectivity index (χ0n) is 18.0. The highest BCUT2D eigenvalue weighted by atomic mass is 127. The second kappa shape index (κ2) is 13.7. The van der Waals surface area contributed by atoms with E-state index in [4.69, 9.17) is 4.74 Å². The smallest absolute Gasteiger partial charge is 0.321 e. The van der Waals surface area contributed by atoms with Gasteiger partial charge in [0.15, 0.2) is 5.96 Å². The summed E-state index contributed by atoms with van der Waals surface area (Å²) < 4.78 is 5.69. The fourth-order valence-corrected chi connectivity index (χ4v) is 3.27.